The number of rotatable bonds is 12. The topological polar surface area (TPSA) is 71.1 Å². The minimum atomic E-state index is -3.69. The largest absolute Gasteiger partial charge is 0.457 e. The first-order chi connectivity index (χ1) is 22.7. The van der Waals surface area contributed by atoms with E-state index in [1.165, 1.54) is 98.8 Å². The number of carbonyl (C=O) groups is 2. The number of halogens is 4. The zero-order valence-corrected chi connectivity index (χ0v) is 27.9. The predicted molar refractivity (Wildman–Crippen MR) is 178 cm³/mol. The van der Waals surface area contributed by atoms with Crippen LogP contribution in [0.5, 0.6) is 11.5 Å². The molecular weight excluding hydrogens is 628 g/mol. The normalized spacial score (nSPS) is 10.8. The Morgan fingerprint density at radius 2 is 0.875 bits per heavy atom. The van der Waals surface area contributed by atoms with Gasteiger partial charge in [0, 0.05) is 11.1 Å². The predicted octanol–water partition coefficient (Wildman–Crippen LogP) is 10.4. The van der Waals surface area contributed by atoms with Crippen molar-refractivity contribution < 1.29 is 46.1 Å². The minimum absolute atomic E-state index is 0.0955. The van der Waals surface area contributed by atoms with E-state index in [1.54, 1.807) is 0 Å². The highest BCUT2D eigenvalue weighted by Gasteiger charge is 2.35. The molecule has 0 aromatic heterocycles. The van der Waals surface area contributed by atoms with Crippen LogP contribution in [0.4, 0.5) is 17.6 Å². The summed E-state index contributed by atoms with van der Waals surface area (Å²) < 4.78 is 79.5. The molecule has 0 aliphatic carbocycles. The Kier molecular flexibility index (Phi) is 14.4. The fourth-order valence-electron chi connectivity index (χ4n) is 3.88. The zero-order valence-electron chi connectivity index (χ0n) is 27.9. The van der Waals surface area contributed by atoms with E-state index >= 15 is 0 Å². The van der Waals surface area contributed by atoms with Gasteiger partial charge in [-0.3, -0.25) is 0 Å². The molecule has 0 aliphatic rings. The van der Waals surface area contributed by atoms with Gasteiger partial charge in [0.1, 0.15) is 24.7 Å². The number of benzene rings is 4. The third kappa shape index (κ3) is 11.0. The lowest BCUT2D eigenvalue weighted by Gasteiger charge is -2.20. The van der Waals surface area contributed by atoms with Gasteiger partial charge in [-0.25, -0.2) is 9.59 Å². The lowest BCUT2D eigenvalue weighted by Crippen LogP contribution is -2.22. The number of hydrogen-bond donors (Lipinski definition) is 0. The summed E-state index contributed by atoms with van der Waals surface area (Å²) in [6, 6.07) is 18.5. The Bertz CT molecular complexity index is 1570. The molecule has 48 heavy (non-hydrogen) atoms. The van der Waals surface area contributed by atoms with Crippen LogP contribution in [-0.2, 0) is 44.5 Å². The average Bonchev–Trinajstić information content (AvgIpc) is 3.07. The minimum Gasteiger partial charge on any atom is -0.457 e. The Balaban J connectivity index is 0.00000193. The van der Waals surface area contributed by atoms with Crippen LogP contribution >= 0.6 is 0 Å². The summed E-state index contributed by atoms with van der Waals surface area (Å²) in [5, 5.41) is 0.912. The molecule has 4 aromatic carbocycles. The zero-order chi connectivity index (χ0) is 36.1. The molecule has 0 saturated carbocycles. The fourth-order valence-corrected chi connectivity index (χ4v) is 3.88. The molecule has 0 heterocycles. The van der Waals surface area contributed by atoms with Crippen LogP contribution in [0.1, 0.15) is 63.8 Å². The van der Waals surface area contributed by atoms with Crippen molar-refractivity contribution in [2.75, 3.05) is 0 Å². The summed E-state index contributed by atoms with van der Waals surface area (Å²) >= 11 is 0. The van der Waals surface area contributed by atoms with Crippen molar-refractivity contribution in [3.63, 3.8) is 0 Å². The molecule has 0 aliphatic heterocycles. The van der Waals surface area contributed by atoms with E-state index in [1.807, 2.05) is 27.7 Å². The monoisotopic (exact) mass is 668 g/mol. The van der Waals surface area contributed by atoms with Gasteiger partial charge in [0.05, 0.1) is 11.1 Å². The molecule has 10 heteroatoms. The standard InChI is InChI=1S/C34H28F4O6.2C2H6/c1-21(2)31(39)41-19-23-5-11-27(12-6-23)33(35,36)43-29-15-9-26-18-30(16-10-25(26)17-29)44-34(37,38)28-13-7-24(8-14-28)20-42-32(40)22(3)4;2*1-2/h5-18H,1,3,19-20H2,2,4H3;2*1-2H3. The molecule has 0 atom stereocenters. The Hall–Kier alpha value is -5.12. The van der Waals surface area contributed by atoms with Crippen molar-refractivity contribution in [2.45, 2.75) is 67.0 Å². The van der Waals surface area contributed by atoms with Crippen LogP contribution in [0.25, 0.3) is 10.8 Å². The van der Waals surface area contributed by atoms with E-state index in [2.05, 4.69) is 13.2 Å². The lowest BCUT2D eigenvalue weighted by atomic mass is 10.1. The van der Waals surface area contributed by atoms with Gasteiger partial charge >= 0.3 is 24.2 Å². The smallest absolute Gasteiger partial charge is 0.426 e. The molecule has 0 N–H and O–H groups in total. The van der Waals surface area contributed by atoms with Crippen molar-refractivity contribution in [1.29, 1.82) is 0 Å². The molecule has 4 rings (SSSR count). The summed E-state index contributed by atoms with van der Waals surface area (Å²) in [5.41, 5.74) is 0.628. The SMILES string of the molecule is C=C(C)C(=O)OCc1ccc(C(F)(F)Oc2ccc3cc(OC(F)(F)c4ccc(COC(=O)C(=C)C)cc4)ccc3c2)cc1.CC.CC. The Labute approximate surface area is 278 Å². The maximum atomic E-state index is 14.9. The van der Waals surface area contributed by atoms with Crippen molar-refractivity contribution in [3.8, 4) is 11.5 Å². The van der Waals surface area contributed by atoms with Gasteiger partial charge in [0.25, 0.3) is 0 Å². The van der Waals surface area contributed by atoms with Gasteiger partial charge in [-0.05, 0) is 84.3 Å². The molecule has 0 spiro atoms. The average molecular weight is 669 g/mol. The number of hydrogen-bond acceptors (Lipinski definition) is 6. The molecule has 0 amide bonds. The maximum absolute atomic E-state index is 14.9. The molecule has 6 nitrogen and oxygen atoms in total. The van der Waals surface area contributed by atoms with Crippen molar-refractivity contribution in [2.24, 2.45) is 0 Å². The van der Waals surface area contributed by atoms with Crippen LogP contribution in [0.3, 0.4) is 0 Å². The van der Waals surface area contributed by atoms with Gasteiger partial charge in [0.2, 0.25) is 0 Å². The van der Waals surface area contributed by atoms with Crippen molar-refractivity contribution in [3.05, 3.63) is 131 Å². The first kappa shape index (κ1) is 39.1. The fraction of sp³-hybridized carbons (Fsp3) is 0.263. The van der Waals surface area contributed by atoms with Crippen LogP contribution in [-0.4, -0.2) is 11.9 Å². The molecule has 0 unspecified atom stereocenters. The summed E-state index contributed by atoms with van der Waals surface area (Å²) in [7, 11) is 0. The quantitative estimate of drug-likeness (QED) is 0.0850. The summed E-state index contributed by atoms with van der Waals surface area (Å²) in [6.07, 6.45) is -7.37. The Morgan fingerprint density at radius 3 is 1.17 bits per heavy atom. The van der Waals surface area contributed by atoms with Gasteiger partial charge in [-0.2, -0.15) is 17.6 Å². The van der Waals surface area contributed by atoms with E-state index < -0.39 is 35.3 Å². The highest BCUT2D eigenvalue weighted by molar-refractivity contribution is 5.87. The number of fused-ring (bicyclic) bond motifs is 1. The molecular formula is C38H40F4O6. The highest BCUT2D eigenvalue weighted by atomic mass is 19.3. The number of ether oxygens (including phenoxy) is 4. The van der Waals surface area contributed by atoms with Gasteiger partial charge in [-0.15, -0.1) is 0 Å². The van der Waals surface area contributed by atoms with Crippen LogP contribution in [0, 0.1) is 0 Å². The molecule has 0 bridgehead atoms. The first-order valence-electron chi connectivity index (χ1n) is 15.2. The van der Waals surface area contributed by atoms with E-state index in [0.29, 0.717) is 21.9 Å². The van der Waals surface area contributed by atoms with Gasteiger partial charge in [-0.1, -0.05) is 77.3 Å². The Morgan fingerprint density at radius 1 is 0.562 bits per heavy atom. The highest BCUT2D eigenvalue weighted by Crippen LogP contribution is 2.36. The summed E-state index contributed by atoms with van der Waals surface area (Å²) in [5.74, 6) is -1.46. The van der Waals surface area contributed by atoms with E-state index in [-0.39, 0.29) is 35.9 Å². The van der Waals surface area contributed by atoms with Crippen LogP contribution in [0.2, 0.25) is 0 Å². The van der Waals surface area contributed by atoms with E-state index in [4.69, 9.17) is 18.9 Å². The third-order valence-electron chi connectivity index (χ3n) is 6.29. The number of alkyl halides is 4. The van der Waals surface area contributed by atoms with Crippen molar-refractivity contribution >= 4 is 22.7 Å². The van der Waals surface area contributed by atoms with Crippen molar-refractivity contribution in [1.82, 2.24) is 0 Å². The maximum Gasteiger partial charge on any atom is 0.426 e. The molecule has 0 saturated heterocycles. The first-order valence-corrected chi connectivity index (χ1v) is 15.2. The molecule has 4 aromatic rings. The van der Waals surface area contributed by atoms with E-state index in [0.717, 1.165) is 0 Å². The second kappa shape index (κ2) is 17.7. The van der Waals surface area contributed by atoms with E-state index in [9.17, 15) is 27.2 Å². The number of esters is 2. The van der Waals surface area contributed by atoms with Gasteiger partial charge < -0.3 is 18.9 Å². The number of carbonyl (C=O) groups excluding carboxylic acids is 2. The lowest BCUT2D eigenvalue weighted by molar-refractivity contribution is -0.186. The van der Waals surface area contributed by atoms with Crippen LogP contribution in [0.15, 0.2) is 109 Å². The second-order valence-corrected chi connectivity index (χ2v) is 10.0. The molecule has 256 valence electrons. The van der Waals surface area contributed by atoms with Crippen LogP contribution < -0.4 is 9.47 Å². The summed E-state index contributed by atoms with van der Waals surface area (Å²) in [4.78, 5) is 23.0. The summed E-state index contributed by atoms with van der Waals surface area (Å²) in [6.45, 7) is 17.8. The molecule has 0 fully saturated rings. The second-order valence-electron chi connectivity index (χ2n) is 10.0. The molecule has 0 radical (unpaired) electrons. The van der Waals surface area contributed by atoms with Gasteiger partial charge in [0.15, 0.2) is 0 Å². The third-order valence-corrected chi connectivity index (χ3v) is 6.29.